The number of hydrogen-bond donors (Lipinski definition) is 0. The van der Waals surface area contributed by atoms with Crippen LogP contribution in [0.5, 0.6) is 0 Å². The lowest BCUT2D eigenvalue weighted by molar-refractivity contribution is -0.109. The SMILES string of the molecule is c1ccc([C@@H]2C[C@H]3CCCCN3CO2)cc1. The molecule has 2 aliphatic heterocycles. The van der Waals surface area contributed by atoms with E-state index in [-0.39, 0.29) is 0 Å². The maximum Gasteiger partial charge on any atom is 0.100 e. The molecule has 0 aromatic heterocycles. The summed E-state index contributed by atoms with van der Waals surface area (Å²) in [5.74, 6) is 0. The number of rotatable bonds is 1. The van der Waals surface area contributed by atoms with Crippen LogP contribution in [0.2, 0.25) is 0 Å². The first-order valence-corrected chi connectivity index (χ1v) is 6.34. The van der Waals surface area contributed by atoms with E-state index in [0.717, 1.165) is 12.8 Å². The number of ether oxygens (including phenoxy) is 1. The van der Waals surface area contributed by atoms with E-state index in [1.54, 1.807) is 0 Å². The lowest BCUT2D eigenvalue weighted by Gasteiger charge is -2.42. The van der Waals surface area contributed by atoms with E-state index in [9.17, 15) is 0 Å². The maximum atomic E-state index is 5.96. The van der Waals surface area contributed by atoms with E-state index in [0.29, 0.717) is 6.10 Å². The van der Waals surface area contributed by atoms with Crippen LogP contribution >= 0.6 is 0 Å². The third-order valence-corrected chi connectivity index (χ3v) is 3.85. The van der Waals surface area contributed by atoms with Gasteiger partial charge < -0.3 is 4.74 Å². The van der Waals surface area contributed by atoms with Crippen molar-refractivity contribution in [3.8, 4) is 0 Å². The van der Waals surface area contributed by atoms with Crippen LogP contribution in [0.15, 0.2) is 30.3 Å². The Balaban J connectivity index is 1.71. The highest BCUT2D eigenvalue weighted by atomic mass is 16.5. The van der Waals surface area contributed by atoms with Crippen LogP contribution in [0.4, 0.5) is 0 Å². The first kappa shape index (κ1) is 10.3. The third kappa shape index (κ3) is 2.00. The smallest absolute Gasteiger partial charge is 0.100 e. The highest BCUT2D eigenvalue weighted by molar-refractivity contribution is 5.18. The van der Waals surface area contributed by atoms with Crippen LogP contribution in [-0.2, 0) is 4.74 Å². The molecule has 2 nitrogen and oxygen atoms in total. The minimum absolute atomic E-state index is 0.320. The monoisotopic (exact) mass is 217 g/mol. The highest BCUT2D eigenvalue weighted by Crippen LogP contribution is 2.33. The van der Waals surface area contributed by atoms with Crippen molar-refractivity contribution in [2.45, 2.75) is 37.8 Å². The molecule has 0 unspecified atom stereocenters. The topological polar surface area (TPSA) is 12.5 Å². The predicted molar refractivity (Wildman–Crippen MR) is 64.1 cm³/mol. The van der Waals surface area contributed by atoms with Crippen molar-refractivity contribution in [3.63, 3.8) is 0 Å². The molecular formula is C14H19NO. The van der Waals surface area contributed by atoms with E-state index < -0.39 is 0 Å². The van der Waals surface area contributed by atoms with Gasteiger partial charge in [0.05, 0.1) is 6.10 Å². The van der Waals surface area contributed by atoms with Crippen molar-refractivity contribution in [1.82, 2.24) is 4.90 Å². The number of nitrogens with zero attached hydrogens (tertiary/aromatic N) is 1. The van der Waals surface area contributed by atoms with Gasteiger partial charge >= 0.3 is 0 Å². The zero-order chi connectivity index (χ0) is 10.8. The van der Waals surface area contributed by atoms with Crippen molar-refractivity contribution in [2.75, 3.05) is 13.3 Å². The van der Waals surface area contributed by atoms with Crippen molar-refractivity contribution in [2.24, 2.45) is 0 Å². The van der Waals surface area contributed by atoms with E-state index in [1.807, 2.05) is 0 Å². The van der Waals surface area contributed by atoms with E-state index >= 15 is 0 Å². The fourth-order valence-electron chi connectivity index (χ4n) is 2.90. The summed E-state index contributed by atoms with van der Waals surface area (Å²) in [6.07, 6.45) is 5.58. The van der Waals surface area contributed by atoms with Gasteiger partial charge in [-0.05, 0) is 24.8 Å². The second kappa shape index (κ2) is 4.56. The van der Waals surface area contributed by atoms with Crippen LogP contribution in [0.1, 0.15) is 37.4 Å². The van der Waals surface area contributed by atoms with Crippen molar-refractivity contribution in [1.29, 1.82) is 0 Å². The maximum absolute atomic E-state index is 5.96. The first-order chi connectivity index (χ1) is 7.93. The number of fused-ring (bicyclic) bond motifs is 1. The normalized spacial score (nSPS) is 31.0. The van der Waals surface area contributed by atoms with Crippen molar-refractivity contribution in [3.05, 3.63) is 35.9 Å². The van der Waals surface area contributed by atoms with Gasteiger partial charge in [0.15, 0.2) is 0 Å². The lowest BCUT2D eigenvalue weighted by atomic mass is 9.93. The molecule has 1 aromatic rings. The Morgan fingerprint density at radius 1 is 1.12 bits per heavy atom. The van der Waals surface area contributed by atoms with Crippen molar-refractivity contribution < 1.29 is 4.74 Å². The molecule has 0 amide bonds. The zero-order valence-corrected chi connectivity index (χ0v) is 9.64. The van der Waals surface area contributed by atoms with Crippen LogP contribution < -0.4 is 0 Å². The second-order valence-corrected chi connectivity index (χ2v) is 4.89. The fourth-order valence-corrected chi connectivity index (χ4v) is 2.90. The summed E-state index contributed by atoms with van der Waals surface area (Å²) >= 11 is 0. The summed E-state index contributed by atoms with van der Waals surface area (Å²) in [4.78, 5) is 2.50. The average molecular weight is 217 g/mol. The molecule has 1 aromatic carbocycles. The molecule has 3 rings (SSSR count). The highest BCUT2D eigenvalue weighted by Gasteiger charge is 2.31. The molecule has 2 aliphatic rings. The third-order valence-electron chi connectivity index (χ3n) is 3.85. The number of benzene rings is 1. The van der Waals surface area contributed by atoms with E-state index in [2.05, 4.69) is 35.2 Å². The molecule has 2 atom stereocenters. The largest absolute Gasteiger partial charge is 0.358 e. The molecule has 0 bridgehead atoms. The summed E-state index contributed by atoms with van der Waals surface area (Å²) < 4.78 is 5.96. The Morgan fingerprint density at radius 2 is 2.00 bits per heavy atom. The molecule has 86 valence electrons. The van der Waals surface area contributed by atoms with Crippen LogP contribution in [-0.4, -0.2) is 24.2 Å². The van der Waals surface area contributed by atoms with Gasteiger partial charge in [-0.3, -0.25) is 4.90 Å². The molecule has 0 N–H and O–H groups in total. The summed E-state index contributed by atoms with van der Waals surface area (Å²) in [5, 5.41) is 0. The Bertz CT molecular complexity index is 338. The molecule has 16 heavy (non-hydrogen) atoms. The van der Waals surface area contributed by atoms with Gasteiger partial charge in [0.25, 0.3) is 0 Å². The Morgan fingerprint density at radius 3 is 2.88 bits per heavy atom. The minimum Gasteiger partial charge on any atom is -0.358 e. The van der Waals surface area contributed by atoms with E-state index in [4.69, 9.17) is 4.74 Å². The fraction of sp³-hybridized carbons (Fsp3) is 0.571. The van der Waals surface area contributed by atoms with Gasteiger partial charge in [-0.1, -0.05) is 36.8 Å². The lowest BCUT2D eigenvalue weighted by Crippen LogP contribution is -2.45. The molecule has 2 heteroatoms. The molecule has 2 fully saturated rings. The average Bonchev–Trinajstić information content (AvgIpc) is 2.39. The van der Waals surface area contributed by atoms with Gasteiger partial charge in [-0.15, -0.1) is 0 Å². The standard InChI is InChI=1S/C14H19NO/c1-2-6-12(7-3-1)14-10-13-8-4-5-9-15(13)11-16-14/h1-3,6-7,13-14H,4-5,8-11H2/t13-,14+/m1/s1. The number of hydrogen-bond acceptors (Lipinski definition) is 2. The summed E-state index contributed by atoms with van der Waals surface area (Å²) in [6, 6.07) is 11.4. The minimum atomic E-state index is 0.320. The summed E-state index contributed by atoms with van der Waals surface area (Å²) in [7, 11) is 0. The number of piperidine rings is 1. The molecule has 2 heterocycles. The predicted octanol–water partition coefficient (Wildman–Crippen LogP) is 2.96. The van der Waals surface area contributed by atoms with Gasteiger partial charge in [-0.25, -0.2) is 0 Å². The van der Waals surface area contributed by atoms with Gasteiger partial charge in [0, 0.05) is 12.6 Å². The zero-order valence-electron chi connectivity index (χ0n) is 9.64. The van der Waals surface area contributed by atoms with Gasteiger partial charge in [-0.2, -0.15) is 0 Å². The molecule has 0 saturated carbocycles. The summed E-state index contributed by atoms with van der Waals surface area (Å²) in [6.45, 7) is 2.05. The first-order valence-electron chi connectivity index (χ1n) is 6.34. The van der Waals surface area contributed by atoms with Crippen molar-refractivity contribution >= 4 is 0 Å². The van der Waals surface area contributed by atoms with E-state index in [1.165, 1.54) is 37.8 Å². The quantitative estimate of drug-likeness (QED) is 0.717. The van der Waals surface area contributed by atoms with Gasteiger partial charge in [0.1, 0.15) is 6.73 Å². The van der Waals surface area contributed by atoms with Crippen LogP contribution in [0.3, 0.4) is 0 Å². The van der Waals surface area contributed by atoms with Crippen LogP contribution in [0.25, 0.3) is 0 Å². The summed E-state index contributed by atoms with van der Waals surface area (Å²) in [5.41, 5.74) is 1.34. The Labute approximate surface area is 97.2 Å². The molecule has 0 radical (unpaired) electrons. The molecule has 0 aliphatic carbocycles. The molecule has 2 saturated heterocycles. The Hall–Kier alpha value is -0.860. The van der Waals surface area contributed by atoms with Crippen LogP contribution in [0, 0.1) is 0 Å². The molecular weight excluding hydrogens is 198 g/mol. The second-order valence-electron chi connectivity index (χ2n) is 4.89. The molecule has 0 spiro atoms. The Kier molecular flexibility index (Phi) is 2.94. The van der Waals surface area contributed by atoms with Gasteiger partial charge in [0.2, 0.25) is 0 Å².